The largest absolute Gasteiger partial charge is 0.497 e. The first-order valence-corrected chi connectivity index (χ1v) is 8.37. The molecule has 0 bridgehead atoms. The summed E-state index contributed by atoms with van der Waals surface area (Å²) in [4.78, 5) is 15.7. The maximum Gasteiger partial charge on any atom is 0.416 e. The monoisotopic (exact) mass is 411 g/mol. The van der Waals surface area contributed by atoms with Crippen molar-refractivity contribution in [3.63, 3.8) is 0 Å². The van der Waals surface area contributed by atoms with Crippen LogP contribution in [0.25, 0.3) is 0 Å². The summed E-state index contributed by atoms with van der Waals surface area (Å²) in [7, 11) is 1.29. The van der Waals surface area contributed by atoms with Crippen molar-refractivity contribution >= 4 is 23.3 Å². The first-order chi connectivity index (χ1) is 13.2. The van der Waals surface area contributed by atoms with Gasteiger partial charge in [0.05, 0.1) is 23.3 Å². The van der Waals surface area contributed by atoms with Gasteiger partial charge in [-0.05, 0) is 35.9 Å². The molecule has 2 rings (SSSR count). The average Bonchev–Trinajstić information content (AvgIpc) is 2.64. The molecule has 5 nitrogen and oxygen atoms in total. The zero-order chi connectivity index (χ0) is 20.7. The van der Waals surface area contributed by atoms with Gasteiger partial charge in [-0.25, -0.2) is 0 Å². The standard InChI is InChI=1S/C19H17ClF3N3O2/c1-28-13-7-6-12(15(10-13)19(21,22)23)11-25-9-8-17(24)26-18(27)14-4-2-3-5-16(14)20/h2-10,25H,11H2,1H3,(H2,24,26,27)/b9-8-. The maximum atomic E-state index is 13.2. The van der Waals surface area contributed by atoms with Crippen LogP contribution in [-0.2, 0) is 12.7 Å². The van der Waals surface area contributed by atoms with Crippen molar-refractivity contribution in [1.29, 1.82) is 0 Å². The van der Waals surface area contributed by atoms with Gasteiger partial charge >= 0.3 is 6.18 Å². The van der Waals surface area contributed by atoms with E-state index in [4.69, 9.17) is 22.1 Å². The van der Waals surface area contributed by atoms with E-state index in [0.29, 0.717) is 0 Å². The lowest BCUT2D eigenvalue weighted by molar-refractivity contribution is -0.138. The molecule has 0 atom stereocenters. The van der Waals surface area contributed by atoms with E-state index in [1.54, 1.807) is 18.2 Å². The van der Waals surface area contributed by atoms with E-state index in [9.17, 15) is 18.0 Å². The summed E-state index contributed by atoms with van der Waals surface area (Å²) in [6.45, 7) is -0.110. The second-order valence-corrected chi connectivity index (χ2v) is 5.96. The Labute approximate surface area is 164 Å². The number of alkyl halides is 3. The highest BCUT2D eigenvalue weighted by atomic mass is 35.5. The highest BCUT2D eigenvalue weighted by Gasteiger charge is 2.33. The molecule has 148 valence electrons. The number of aliphatic imine (C=N–C) groups is 1. The third-order valence-electron chi connectivity index (χ3n) is 3.62. The summed E-state index contributed by atoms with van der Waals surface area (Å²) < 4.78 is 44.3. The number of amidine groups is 1. The van der Waals surface area contributed by atoms with Gasteiger partial charge in [0, 0.05) is 12.7 Å². The van der Waals surface area contributed by atoms with Crippen LogP contribution in [0.2, 0.25) is 5.02 Å². The van der Waals surface area contributed by atoms with E-state index in [-0.39, 0.29) is 34.3 Å². The SMILES string of the molecule is COc1ccc(CN/C=C\C(N)=NC(=O)c2ccccc2Cl)c(C(F)(F)F)c1. The smallest absolute Gasteiger partial charge is 0.416 e. The van der Waals surface area contributed by atoms with Crippen LogP contribution in [0.3, 0.4) is 0 Å². The van der Waals surface area contributed by atoms with Gasteiger partial charge in [0.2, 0.25) is 0 Å². The number of ether oxygens (including phenoxy) is 1. The number of methoxy groups -OCH3 is 1. The van der Waals surface area contributed by atoms with Gasteiger partial charge in [0.15, 0.2) is 0 Å². The number of nitrogens with zero attached hydrogens (tertiary/aromatic N) is 1. The van der Waals surface area contributed by atoms with Crippen LogP contribution in [0.15, 0.2) is 59.7 Å². The Morgan fingerprint density at radius 3 is 2.64 bits per heavy atom. The molecule has 0 aliphatic rings. The topological polar surface area (TPSA) is 76.7 Å². The van der Waals surface area contributed by atoms with Crippen LogP contribution in [0.4, 0.5) is 13.2 Å². The van der Waals surface area contributed by atoms with Gasteiger partial charge in [-0.3, -0.25) is 4.79 Å². The summed E-state index contributed by atoms with van der Waals surface area (Å²) in [5.74, 6) is -0.633. The van der Waals surface area contributed by atoms with Gasteiger partial charge in [0.25, 0.3) is 5.91 Å². The zero-order valence-electron chi connectivity index (χ0n) is 14.8. The van der Waals surface area contributed by atoms with E-state index in [1.165, 1.54) is 37.6 Å². The molecule has 0 aliphatic carbocycles. The molecule has 0 heterocycles. The highest BCUT2D eigenvalue weighted by molar-refractivity contribution is 6.34. The van der Waals surface area contributed by atoms with Crippen LogP contribution >= 0.6 is 11.6 Å². The van der Waals surface area contributed by atoms with Crippen molar-refractivity contribution in [3.05, 3.63) is 76.5 Å². The molecule has 0 unspecified atom stereocenters. The summed E-state index contributed by atoms with van der Waals surface area (Å²) in [6.07, 6.45) is -1.94. The number of hydrogen-bond donors (Lipinski definition) is 2. The van der Waals surface area contributed by atoms with Crippen LogP contribution in [0.5, 0.6) is 5.75 Å². The summed E-state index contributed by atoms with van der Waals surface area (Å²) in [5, 5.41) is 2.93. The molecule has 28 heavy (non-hydrogen) atoms. The van der Waals surface area contributed by atoms with Gasteiger partial charge in [0.1, 0.15) is 11.6 Å². The van der Waals surface area contributed by atoms with E-state index in [1.807, 2.05) is 0 Å². The third kappa shape index (κ3) is 5.75. The molecule has 2 aromatic rings. The van der Waals surface area contributed by atoms with Crippen molar-refractivity contribution in [3.8, 4) is 5.75 Å². The fraction of sp³-hybridized carbons (Fsp3) is 0.158. The molecule has 2 aromatic carbocycles. The third-order valence-corrected chi connectivity index (χ3v) is 3.95. The average molecular weight is 412 g/mol. The highest BCUT2D eigenvalue weighted by Crippen LogP contribution is 2.34. The lowest BCUT2D eigenvalue weighted by Crippen LogP contribution is -2.16. The first-order valence-electron chi connectivity index (χ1n) is 7.99. The summed E-state index contributed by atoms with van der Waals surface area (Å²) >= 11 is 5.91. The van der Waals surface area contributed by atoms with Crippen molar-refractivity contribution in [2.45, 2.75) is 12.7 Å². The van der Waals surface area contributed by atoms with Crippen molar-refractivity contribution in [1.82, 2.24) is 5.32 Å². The van der Waals surface area contributed by atoms with E-state index in [0.717, 1.165) is 6.07 Å². The zero-order valence-corrected chi connectivity index (χ0v) is 15.5. The molecule has 0 aliphatic heterocycles. The van der Waals surface area contributed by atoms with Gasteiger partial charge in [-0.1, -0.05) is 29.8 Å². The van der Waals surface area contributed by atoms with Crippen molar-refractivity contribution < 1.29 is 22.7 Å². The molecule has 1 amide bonds. The maximum absolute atomic E-state index is 13.2. The normalized spacial score (nSPS) is 12.2. The Kier molecular flexibility index (Phi) is 7.06. The number of amides is 1. The second kappa shape index (κ2) is 9.27. The van der Waals surface area contributed by atoms with Gasteiger partial charge in [-0.2, -0.15) is 18.2 Å². The predicted molar refractivity (Wildman–Crippen MR) is 101 cm³/mol. The molecule has 3 N–H and O–H groups in total. The van der Waals surface area contributed by atoms with Crippen molar-refractivity contribution in [2.75, 3.05) is 7.11 Å². The van der Waals surface area contributed by atoms with Crippen LogP contribution in [0, 0.1) is 0 Å². The van der Waals surface area contributed by atoms with Gasteiger partial charge < -0.3 is 15.8 Å². The van der Waals surface area contributed by atoms with Crippen molar-refractivity contribution in [2.24, 2.45) is 10.7 Å². The Balaban J connectivity index is 2.04. The lowest BCUT2D eigenvalue weighted by atomic mass is 10.1. The predicted octanol–water partition coefficient (Wildman–Crippen LogP) is 4.17. The second-order valence-electron chi connectivity index (χ2n) is 5.56. The summed E-state index contributed by atoms with van der Waals surface area (Å²) in [6, 6.07) is 10.0. The number of benzene rings is 2. The molecule has 0 aromatic heterocycles. The number of carbonyl (C=O) groups excluding carboxylic acids is 1. The Hall–Kier alpha value is -3.00. The molecule has 0 spiro atoms. The number of hydrogen-bond acceptors (Lipinski definition) is 3. The molecule has 0 fully saturated rings. The number of nitrogens with one attached hydrogen (secondary N) is 1. The Bertz CT molecular complexity index is 912. The van der Waals surface area contributed by atoms with Gasteiger partial charge in [-0.15, -0.1) is 0 Å². The molecular formula is C19H17ClF3N3O2. The number of halogens is 4. The minimum Gasteiger partial charge on any atom is -0.497 e. The van der Waals surface area contributed by atoms with E-state index in [2.05, 4.69) is 10.3 Å². The fourth-order valence-electron chi connectivity index (χ4n) is 2.26. The Morgan fingerprint density at radius 2 is 2.00 bits per heavy atom. The minimum atomic E-state index is -4.52. The number of carbonyl (C=O) groups is 1. The quantitative estimate of drug-likeness (QED) is 0.552. The fourth-order valence-corrected chi connectivity index (χ4v) is 2.48. The van der Waals surface area contributed by atoms with E-state index < -0.39 is 17.6 Å². The molecule has 9 heteroatoms. The van der Waals surface area contributed by atoms with Crippen LogP contribution in [0.1, 0.15) is 21.5 Å². The molecule has 0 radical (unpaired) electrons. The molecule has 0 saturated carbocycles. The number of nitrogens with two attached hydrogens (primary N) is 1. The Morgan fingerprint density at radius 1 is 1.29 bits per heavy atom. The van der Waals surface area contributed by atoms with Crippen LogP contribution in [-0.4, -0.2) is 18.9 Å². The van der Waals surface area contributed by atoms with Crippen LogP contribution < -0.4 is 15.8 Å². The number of rotatable bonds is 6. The minimum absolute atomic E-state index is 0.0283. The molecule has 0 saturated heterocycles. The molecular weight excluding hydrogens is 395 g/mol. The summed E-state index contributed by atoms with van der Waals surface area (Å²) in [5.41, 5.74) is 5.06. The first kappa shape index (κ1) is 21.3. The lowest BCUT2D eigenvalue weighted by Gasteiger charge is -2.14. The van der Waals surface area contributed by atoms with E-state index >= 15 is 0 Å².